The first-order valence-corrected chi connectivity index (χ1v) is 9.00. The van der Waals surface area contributed by atoms with Crippen LogP contribution in [-0.4, -0.2) is 34.8 Å². The molecule has 1 saturated heterocycles. The van der Waals surface area contributed by atoms with Crippen LogP contribution in [0.3, 0.4) is 0 Å². The molecular weight excluding hydrogens is 329 g/mol. The maximum Gasteiger partial charge on any atom is 0.147 e. The Morgan fingerprint density at radius 1 is 1.08 bits per heavy atom. The van der Waals surface area contributed by atoms with Crippen molar-refractivity contribution < 1.29 is 9.50 Å². The lowest BCUT2D eigenvalue weighted by Gasteiger charge is -2.42. The van der Waals surface area contributed by atoms with Gasteiger partial charge in [0, 0.05) is 18.5 Å². The molecule has 1 aromatic heterocycles. The summed E-state index contributed by atoms with van der Waals surface area (Å²) in [6.45, 7) is 1.72. The topological polar surface area (TPSA) is 49.2 Å². The predicted molar refractivity (Wildman–Crippen MR) is 101 cm³/mol. The maximum atomic E-state index is 13.2. The Balaban J connectivity index is 1.58. The summed E-state index contributed by atoms with van der Waals surface area (Å²) >= 11 is 0. The van der Waals surface area contributed by atoms with Crippen LogP contribution >= 0.6 is 0 Å². The lowest BCUT2D eigenvalue weighted by Crippen LogP contribution is -2.47. The molecule has 1 aliphatic heterocycles. The lowest BCUT2D eigenvalue weighted by atomic mass is 9.76. The van der Waals surface area contributed by atoms with E-state index in [2.05, 4.69) is 9.88 Å². The zero-order chi connectivity index (χ0) is 18.0. The molecule has 2 aromatic carbocycles. The second kappa shape index (κ2) is 7.00. The number of piperidine rings is 1. The third-order valence-electron chi connectivity index (χ3n) is 5.25. The monoisotopic (exact) mass is 351 g/mol. The second-order valence-electron chi connectivity index (χ2n) is 7.20. The summed E-state index contributed by atoms with van der Waals surface area (Å²) < 4.78 is 13.2. The smallest absolute Gasteiger partial charge is 0.147 e. The first-order valence-electron chi connectivity index (χ1n) is 9.00. The molecule has 0 radical (unpaired) electrons. The van der Waals surface area contributed by atoms with Gasteiger partial charge in [-0.25, -0.2) is 9.37 Å². The Labute approximate surface area is 152 Å². The molecule has 1 atom stereocenters. The van der Waals surface area contributed by atoms with E-state index in [0.29, 0.717) is 6.54 Å². The molecule has 0 saturated carbocycles. The minimum atomic E-state index is -0.247. The number of halogens is 1. The molecule has 0 bridgehead atoms. The molecule has 26 heavy (non-hydrogen) atoms. The van der Waals surface area contributed by atoms with E-state index in [9.17, 15) is 9.50 Å². The molecule has 0 spiro atoms. The Bertz CT molecular complexity index is 899. The van der Waals surface area contributed by atoms with Gasteiger partial charge in [0.05, 0.1) is 23.8 Å². The zero-order valence-electron chi connectivity index (χ0n) is 14.6. The standard InChI is InChI=1S/C21H22FN3O/c22-17-8-6-16(7-9-17)12-21(15-26)10-3-11-25(14-21)20-13-23-18-4-1-2-5-19(18)24-20/h1-2,4-9,13,26H,3,10-12,14-15H2/t21-/m1/s1. The number of aromatic nitrogens is 2. The average Bonchev–Trinajstić information content (AvgIpc) is 2.69. The molecule has 5 heteroatoms. The second-order valence-corrected chi connectivity index (χ2v) is 7.20. The highest BCUT2D eigenvalue weighted by Gasteiger charge is 2.35. The highest BCUT2D eigenvalue weighted by molar-refractivity contribution is 5.75. The summed E-state index contributed by atoms with van der Waals surface area (Å²) in [7, 11) is 0. The number of rotatable bonds is 4. The SMILES string of the molecule is OC[C@@]1(Cc2ccc(F)cc2)CCCN(c2cnc3ccccc3n2)C1. The Hall–Kier alpha value is -2.53. The molecule has 0 unspecified atom stereocenters. The van der Waals surface area contributed by atoms with E-state index in [4.69, 9.17) is 4.98 Å². The van der Waals surface area contributed by atoms with Crippen LogP contribution in [0.1, 0.15) is 18.4 Å². The molecule has 1 aliphatic rings. The Morgan fingerprint density at radius 2 is 1.85 bits per heavy atom. The molecule has 2 heterocycles. The lowest BCUT2D eigenvalue weighted by molar-refractivity contribution is 0.105. The van der Waals surface area contributed by atoms with Crippen molar-refractivity contribution >= 4 is 16.9 Å². The number of benzene rings is 2. The van der Waals surface area contributed by atoms with Gasteiger partial charge >= 0.3 is 0 Å². The van der Waals surface area contributed by atoms with Gasteiger partial charge in [0.15, 0.2) is 0 Å². The van der Waals surface area contributed by atoms with E-state index < -0.39 is 0 Å². The largest absolute Gasteiger partial charge is 0.396 e. The predicted octanol–water partition coefficient (Wildman–Crippen LogP) is 3.59. The van der Waals surface area contributed by atoms with E-state index in [0.717, 1.165) is 48.2 Å². The molecule has 4 rings (SSSR count). The van der Waals surface area contributed by atoms with Gasteiger partial charge in [-0.15, -0.1) is 0 Å². The number of aliphatic hydroxyl groups is 1. The molecule has 4 nitrogen and oxygen atoms in total. The van der Waals surface area contributed by atoms with Gasteiger partial charge in [-0.3, -0.25) is 4.98 Å². The van der Waals surface area contributed by atoms with Crippen LogP contribution in [-0.2, 0) is 6.42 Å². The molecule has 0 aliphatic carbocycles. The minimum absolute atomic E-state index is 0.0991. The minimum Gasteiger partial charge on any atom is -0.396 e. The van der Waals surface area contributed by atoms with Crippen LogP contribution in [0.2, 0.25) is 0 Å². The van der Waals surface area contributed by atoms with Crippen LogP contribution in [0.25, 0.3) is 11.0 Å². The number of aliphatic hydroxyl groups excluding tert-OH is 1. The van der Waals surface area contributed by atoms with E-state index in [-0.39, 0.29) is 17.8 Å². The van der Waals surface area contributed by atoms with Crippen molar-refractivity contribution in [3.05, 3.63) is 66.1 Å². The van der Waals surface area contributed by atoms with Gasteiger partial charge in [-0.05, 0) is 49.1 Å². The van der Waals surface area contributed by atoms with Crippen LogP contribution in [0.4, 0.5) is 10.2 Å². The van der Waals surface area contributed by atoms with Gasteiger partial charge in [-0.1, -0.05) is 24.3 Å². The average molecular weight is 351 g/mol. The summed E-state index contributed by atoms with van der Waals surface area (Å²) in [4.78, 5) is 11.5. The number of hydrogen-bond donors (Lipinski definition) is 1. The van der Waals surface area contributed by atoms with Gasteiger partial charge in [0.1, 0.15) is 11.6 Å². The summed E-state index contributed by atoms with van der Waals surface area (Å²) in [6.07, 6.45) is 4.46. The quantitative estimate of drug-likeness (QED) is 0.780. The number of para-hydroxylation sites is 2. The first kappa shape index (κ1) is 16.9. The third-order valence-corrected chi connectivity index (χ3v) is 5.25. The van der Waals surface area contributed by atoms with E-state index >= 15 is 0 Å². The molecule has 3 aromatic rings. The Morgan fingerprint density at radius 3 is 2.62 bits per heavy atom. The van der Waals surface area contributed by atoms with Crippen LogP contribution < -0.4 is 4.90 Å². The molecule has 134 valence electrons. The summed E-state index contributed by atoms with van der Waals surface area (Å²) in [6, 6.07) is 14.4. The zero-order valence-corrected chi connectivity index (χ0v) is 14.6. The van der Waals surface area contributed by atoms with Crippen molar-refractivity contribution in [2.75, 3.05) is 24.6 Å². The van der Waals surface area contributed by atoms with E-state index in [1.54, 1.807) is 0 Å². The highest BCUT2D eigenvalue weighted by atomic mass is 19.1. The van der Waals surface area contributed by atoms with Crippen molar-refractivity contribution in [1.29, 1.82) is 0 Å². The van der Waals surface area contributed by atoms with Gasteiger partial charge in [0.25, 0.3) is 0 Å². The number of fused-ring (bicyclic) bond motifs is 1. The fourth-order valence-electron chi connectivity index (χ4n) is 3.87. The maximum absolute atomic E-state index is 13.2. The molecule has 1 fully saturated rings. The van der Waals surface area contributed by atoms with Crippen molar-refractivity contribution in [2.24, 2.45) is 5.41 Å². The third kappa shape index (κ3) is 3.40. The number of nitrogens with zero attached hydrogens (tertiary/aromatic N) is 3. The van der Waals surface area contributed by atoms with Crippen molar-refractivity contribution in [3.63, 3.8) is 0 Å². The molecular formula is C21H22FN3O. The van der Waals surface area contributed by atoms with Crippen LogP contribution in [0.5, 0.6) is 0 Å². The van der Waals surface area contributed by atoms with Crippen LogP contribution in [0, 0.1) is 11.2 Å². The Kier molecular flexibility index (Phi) is 4.55. The summed E-state index contributed by atoms with van der Waals surface area (Å²) in [5, 5.41) is 10.2. The van der Waals surface area contributed by atoms with Gasteiger partial charge in [0.2, 0.25) is 0 Å². The van der Waals surface area contributed by atoms with Crippen molar-refractivity contribution in [3.8, 4) is 0 Å². The van der Waals surface area contributed by atoms with E-state index in [1.165, 1.54) is 12.1 Å². The summed E-state index contributed by atoms with van der Waals surface area (Å²) in [5.74, 6) is 0.615. The van der Waals surface area contributed by atoms with E-state index in [1.807, 2.05) is 42.6 Å². The summed E-state index contributed by atoms with van der Waals surface area (Å²) in [5.41, 5.74) is 2.56. The van der Waals surface area contributed by atoms with Gasteiger partial charge in [-0.2, -0.15) is 0 Å². The first-order chi connectivity index (χ1) is 12.7. The fourth-order valence-corrected chi connectivity index (χ4v) is 3.87. The van der Waals surface area contributed by atoms with Crippen LogP contribution in [0.15, 0.2) is 54.7 Å². The molecule has 0 amide bonds. The normalized spacial score (nSPS) is 20.5. The number of hydrogen-bond acceptors (Lipinski definition) is 4. The fraction of sp³-hybridized carbons (Fsp3) is 0.333. The highest BCUT2D eigenvalue weighted by Crippen LogP contribution is 2.35. The van der Waals surface area contributed by atoms with Crippen molar-refractivity contribution in [2.45, 2.75) is 19.3 Å². The molecule has 1 N–H and O–H groups in total. The van der Waals surface area contributed by atoms with Gasteiger partial charge < -0.3 is 10.0 Å². The number of anilines is 1. The van der Waals surface area contributed by atoms with Crippen molar-refractivity contribution in [1.82, 2.24) is 9.97 Å².